The molecule has 0 atom stereocenters. The molecule has 0 fully saturated rings. The molecule has 0 spiro atoms. The first-order valence-electron chi connectivity index (χ1n) is 3.53. The lowest BCUT2D eigenvalue weighted by Gasteiger charge is -1.91. The summed E-state index contributed by atoms with van der Waals surface area (Å²) in [6.07, 6.45) is 0.299. The molecule has 1 N–H and O–H groups in total. The number of rotatable bonds is 4. The predicted molar refractivity (Wildman–Crippen MR) is 40.9 cm³/mol. The third-order valence-electron chi connectivity index (χ3n) is 0.803. The van der Waals surface area contributed by atoms with Crippen LogP contribution in [0.15, 0.2) is 0 Å². The predicted octanol–water partition coefficient (Wildman–Crippen LogP) is 1.16. The molecule has 0 unspecified atom stereocenters. The first-order chi connectivity index (χ1) is 4.81. The van der Waals surface area contributed by atoms with E-state index in [1.807, 2.05) is 13.8 Å². The molecule has 0 aliphatic carbocycles. The van der Waals surface area contributed by atoms with Gasteiger partial charge in [0.2, 0.25) is 0 Å². The summed E-state index contributed by atoms with van der Waals surface area (Å²) in [6, 6.07) is 0. The minimum absolute atomic E-state index is 0.299. The molecule has 0 rings (SSSR count). The van der Waals surface area contributed by atoms with Crippen LogP contribution in [0.3, 0.4) is 0 Å². The summed E-state index contributed by atoms with van der Waals surface area (Å²) >= 11 is 0. The summed E-state index contributed by atoms with van der Waals surface area (Å²) in [5.41, 5.74) is 0. The van der Waals surface area contributed by atoms with Crippen molar-refractivity contribution < 1.29 is 9.18 Å². The lowest BCUT2D eigenvalue weighted by molar-refractivity contribution is -0.119. The molecule has 0 saturated heterocycles. The third-order valence-corrected chi connectivity index (χ3v) is 0.803. The fourth-order valence-electron chi connectivity index (χ4n) is 0.331. The molecule has 3 heteroatoms. The Balaban J connectivity index is 0. The third kappa shape index (κ3) is 10.5. The highest BCUT2D eigenvalue weighted by molar-refractivity contribution is 5.79. The van der Waals surface area contributed by atoms with Gasteiger partial charge in [0.05, 0.1) is 0 Å². The van der Waals surface area contributed by atoms with Crippen molar-refractivity contribution >= 4 is 5.78 Å². The summed E-state index contributed by atoms with van der Waals surface area (Å²) in [5, 5.41) is 2.75. The van der Waals surface area contributed by atoms with Crippen LogP contribution in [0.5, 0.6) is 0 Å². The molecule has 0 radical (unpaired) electrons. The van der Waals surface area contributed by atoms with Crippen LogP contribution in [0, 0.1) is 0 Å². The second-order valence-corrected chi connectivity index (χ2v) is 1.53. The van der Waals surface area contributed by atoms with Crippen LogP contribution < -0.4 is 5.32 Å². The van der Waals surface area contributed by atoms with E-state index in [9.17, 15) is 9.18 Å². The zero-order chi connectivity index (χ0) is 8.41. The highest BCUT2D eigenvalue weighted by Gasteiger charge is 1.96. The SMILES string of the molecule is CC.CNCCC(=O)CF. The summed E-state index contributed by atoms with van der Waals surface area (Å²) in [4.78, 5) is 10.2. The van der Waals surface area contributed by atoms with Gasteiger partial charge in [0.1, 0.15) is 6.67 Å². The minimum Gasteiger partial charge on any atom is -0.319 e. The van der Waals surface area contributed by atoms with Crippen molar-refractivity contribution in [3.63, 3.8) is 0 Å². The van der Waals surface area contributed by atoms with Crippen LogP contribution in [0.25, 0.3) is 0 Å². The Bertz CT molecular complexity index is 76.0. The maximum Gasteiger partial charge on any atom is 0.165 e. The van der Waals surface area contributed by atoms with Crippen LogP contribution in [0.4, 0.5) is 4.39 Å². The van der Waals surface area contributed by atoms with E-state index in [2.05, 4.69) is 5.32 Å². The number of hydrogen-bond acceptors (Lipinski definition) is 2. The second-order valence-electron chi connectivity index (χ2n) is 1.53. The zero-order valence-corrected chi connectivity index (χ0v) is 6.91. The number of halogens is 1. The van der Waals surface area contributed by atoms with Crippen LogP contribution in [-0.2, 0) is 4.79 Å². The van der Waals surface area contributed by atoms with Crippen molar-refractivity contribution in [1.82, 2.24) is 5.32 Å². The topological polar surface area (TPSA) is 29.1 Å². The molecule has 0 bridgehead atoms. The van der Waals surface area contributed by atoms with Gasteiger partial charge < -0.3 is 5.32 Å². The van der Waals surface area contributed by atoms with E-state index in [0.717, 1.165) is 0 Å². The van der Waals surface area contributed by atoms with Crippen LogP contribution in [0.1, 0.15) is 20.3 Å². The average Bonchev–Trinajstić information content (AvgIpc) is 2.04. The molecule has 2 nitrogen and oxygen atoms in total. The van der Waals surface area contributed by atoms with E-state index in [1.54, 1.807) is 7.05 Å². The van der Waals surface area contributed by atoms with Crippen molar-refractivity contribution in [3.8, 4) is 0 Å². The maximum absolute atomic E-state index is 11.3. The lowest BCUT2D eigenvalue weighted by atomic mass is 10.3. The number of carbonyl (C=O) groups excluding carboxylic acids is 1. The van der Waals surface area contributed by atoms with Crippen LogP contribution in [0.2, 0.25) is 0 Å². The number of hydrogen-bond donors (Lipinski definition) is 1. The Morgan fingerprint density at radius 2 is 2.00 bits per heavy atom. The second kappa shape index (κ2) is 11.4. The van der Waals surface area contributed by atoms with Gasteiger partial charge in [-0.1, -0.05) is 13.8 Å². The van der Waals surface area contributed by atoms with Gasteiger partial charge in [-0.3, -0.25) is 4.79 Å². The molecule has 0 aliphatic rings. The molecule has 10 heavy (non-hydrogen) atoms. The first kappa shape index (κ1) is 12.3. The molecular formula is C7H16FNO. The summed E-state index contributed by atoms with van der Waals surface area (Å²) in [5.74, 6) is -0.334. The normalized spacial score (nSPS) is 8.00. The van der Waals surface area contributed by atoms with E-state index in [1.165, 1.54) is 0 Å². The van der Waals surface area contributed by atoms with Gasteiger partial charge in [-0.25, -0.2) is 4.39 Å². The standard InChI is InChI=1S/C5H10FNO.C2H6/c1-7-3-2-5(8)4-6;1-2/h7H,2-4H2,1H3;1-2H3. The highest BCUT2D eigenvalue weighted by atomic mass is 19.1. The summed E-state index contributed by atoms with van der Waals surface area (Å²) < 4.78 is 11.3. The molecule has 0 aliphatic heterocycles. The Labute approximate surface area is 61.8 Å². The smallest absolute Gasteiger partial charge is 0.165 e. The van der Waals surface area contributed by atoms with Crippen molar-refractivity contribution in [2.45, 2.75) is 20.3 Å². The van der Waals surface area contributed by atoms with Gasteiger partial charge >= 0.3 is 0 Å². The van der Waals surface area contributed by atoms with Crippen LogP contribution >= 0.6 is 0 Å². The Morgan fingerprint density at radius 3 is 2.30 bits per heavy atom. The van der Waals surface area contributed by atoms with Gasteiger partial charge in [0.25, 0.3) is 0 Å². The Morgan fingerprint density at radius 1 is 1.50 bits per heavy atom. The molecule has 0 aromatic carbocycles. The number of alkyl halides is 1. The van der Waals surface area contributed by atoms with Gasteiger partial charge in [0, 0.05) is 13.0 Å². The fourth-order valence-corrected chi connectivity index (χ4v) is 0.331. The molecule has 0 saturated carbocycles. The van der Waals surface area contributed by atoms with Crippen molar-refractivity contribution in [2.75, 3.05) is 20.3 Å². The van der Waals surface area contributed by atoms with Crippen molar-refractivity contribution in [3.05, 3.63) is 0 Å². The first-order valence-corrected chi connectivity index (χ1v) is 3.53. The van der Waals surface area contributed by atoms with E-state index in [0.29, 0.717) is 13.0 Å². The van der Waals surface area contributed by atoms with Crippen molar-refractivity contribution in [1.29, 1.82) is 0 Å². The van der Waals surface area contributed by atoms with E-state index >= 15 is 0 Å². The monoisotopic (exact) mass is 149 g/mol. The molecule has 0 amide bonds. The highest BCUT2D eigenvalue weighted by Crippen LogP contribution is 1.79. The number of ketones is 1. The average molecular weight is 149 g/mol. The number of carbonyl (C=O) groups is 1. The molecule has 0 aromatic rings. The number of nitrogens with one attached hydrogen (secondary N) is 1. The van der Waals surface area contributed by atoms with Gasteiger partial charge in [-0.15, -0.1) is 0 Å². The summed E-state index contributed by atoms with van der Waals surface area (Å²) in [6.45, 7) is 3.74. The largest absolute Gasteiger partial charge is 0.319 e. The molecule has 62 valence electrons. The Hall–Kier alpha value is -0.440. The van der Waals surface area contributed by atoms with E-state index in [4.69, 9.17) is 0 Å². The molecular weight excluding hydrogens is 133 g/mol. The van der Waals surface area contributed by atoms with E-state index in [-0.39, 0.29) is 5.78 Å². The van der Waals surface area contributed by atoms with Gasteiger partial charge in [0.15, 0.2) is 5.78 Å². The summed E-state index contributed by atoms with van der Waals surface area (Å²) in [7, 11) is 1.73. The van der Waals surface area contributed by atoms with Gasteiger partial charge in [-0.05, 0) is 7.05 Å². The van der Waals surface area contributed by atoms with E-state index < -0.39 is 6.67 Å². The van der Waals surface area contributed by atoms with Crippen molar-refractivity contribution in [2.24, 2.45) is 0 Å². The maximum atomic E-state index is 11.3. The Kier molecular flexibility index (Phi) is 13.9. The molecule has 0 aromatic heterocycles. The number of Topliss-reactive ketones (excluding diaryl/α,β-unsaturated/α-hetero) is 1. The molecule has 0 heterocycles. The quantitative estimate of drug-likeness (QED) is 0.650. The minimum atomic E-state index is -0.832. The van der Waals surface area contributed by atoms with Gasteiger partial charge in [-0.2, -0.15) is 0 Å². The fraction of sp³-hybridized carbons (Fsp3) is 0.857. The van der Waals surface area contributed by atoms with Crippen LogP contribution in [-0.4, -0.2) is 26.1 Å². The zero-order valence-electron chi connectivity index (χ0n) is 6.91. The lowest BCUT2D eigenvalue weighted by Crippen LogP contribution is -2.13.